The molecule has 32 heavy (non-hydrogen) atoms. The van der Waals surface area contributed by atoms with Gasteiger partial charge in [0.15, 0.2) is 5.76 Å². The van der Waals surface area contributed by atoms with E-state index in [9.17, 15) is 4.79 Å². The van der Waals surface area contributed by atoms with Gasteiger partial charge in [-0.3, -0.25) is 14.4 Å². The predicted molar refractivity (Wildman–Crippen MR) is 124 cm³/mol. The average Bonchev–Trinajstić information content (AvgIpc) is 3.50. The van der Waals surface area contributed by atoms with Gasteiger partial charge in [-0.25, -0.2) is 0 Å². The molecule has 6 heteroatoms. The number of nitrogens with zero attached hydrogens (tertiary/aromatic N) is 4. The minimum Gasteiger partial charge on any atom is -0.459 e. The highest BCUT2D eigenvalue weighted by Crippen LogP contribution is 2.34. The minimum absolute atomic E-state index is 0.0187. The number of piperazine rings is 1. The van der Waals surface area contributed by atoms with E-state index in [0.29, 0.717) is 18.8 Å². The zero-order chi connectivity index (χ0) is 21.9. The Morgan fingerprint density at radius 3 is 2.47 bits per heavy atom. The number of carbonyl (C=O) groups is 1. The molecule has 2 aromatic heterocycles. The molecule has 6 nitrogen and oxygen atoms in total. The Labute approximate surface area is 189 Å². The Kier molecular flexibility index (Phi) is 6.12. The summed E-state index contributed by atoms with van der Waals surface area (Å²) in [6.45, 7) is 3.97. The lowest BCUT2D eigenvalue weighted by Crippen LogP contribution is -2.48. The van der Waals surface area contributed by atoms with Crippen LogP contribution in [0.3, 0.4) is 0 Å². The van der Waals surface area contributed by atoms with Gasteiger partial charge < -0.3 is 9.32 Å². The van der Waals surface area contributed by atoms with E-state index in [1.54, 1.807) is 18.4 Å². The molecule has 1 aromatic carbocycles. The van der Waals surface area contributed by atoms with Gasteiger partial charge in [0.2, 0.25) is 0 Å². The molecule has 0 bridgehead atoms. The van der Waals surface area contributed by atoms with E-state index in [1.165, 1.54) is 48.8 Å². The monoisotopic (exact) mass is 432 g/mol. The number of aromatic nitrogens is 2. The van der Waals surface area contributed by atoms with Gasteiger partial charge in [0.05, 0.1) is 12.0 Å². The third-order valence-corrected chi connectivity index (χ3v) is 6.95. The van der Waals surface area contributed by atoms with E-state index in [-0.39, 0.29) is 5.91 Å². The Balaban J connectivity index is 1.24. The lowest BCUT2D eigenvalue weighted by Gasteiger charge is -2.34. The van der Waals surface area contributed by atoms with Crippen LogP contribution in [0, 0.1) is 0 Å². The van der Waals surface area contributed by atoms with Crippen LogP contribution in [-0.2, 0) is 13.6 Å². The molecule has 1 saturated carbocycles. The van der Waals surface area contributed by atoms with Gasteiger partial charge in [-0.05, 0) is 36.5 Å². The summed E-state index contributed by atoms with van der Waals surface area (Å²) in [5, 5.41) is 4.78. The normalized spacial score (nSPS) is 18.2. The van der Waals surface area contributed by atoms with Gasteiger partial charge in [-0.15, -0.1) is 0 Å². The fourth-order valence-electron chi connectivity index (χ4n) is 5.15. The first-order valence-corrected chi connectivity index (χ1v) is 11.9. The molecular weight excluding hydrogens is 400 g/mol. The lowest BCUT2D eigenvalue weighted by molar-refractivity contribution is 0.0598. The maximum Gasteiger partial charge on any atom is 0.289 e. The number of hydrogen-bond acceptors (Lipinski definition) is 4. The second-order valence-electron chi connectivity index (χ2n) is 9.18. The van der Waals surface area contributed by atoms with E-state index in [4.69, 9.17) is 9.52 Å². The van der Waals surface area contributed by atoms with E-state index < -0.39 is 0 Å². The summed E-state index contributed by atoms with van der Waals surface area (Å²) < 4.78 is 7.18. The highest BCUT2D eigenvalue weighted by molar-refractivity contribution is 5.91. The van der Waals surface area contributed by atoms with Gasteiger partial charge in [0, 0.05) is 57.1 Å². The second-order valence-corrected chi connectivity index (χ2v) is 9.18. The van der Waals surface area contributed by atoms with Crippen molar-refractivity contribution < 1.29 is 9.21 Å². The molecule has 0 spiro atoms. The largest absolute Gasteiger partial charge is 0.459 e. The molecule has 0 radical (unpaired) electrons. The summed E-state index contributed by atoms with van der Waals surface area (Å²) in [7, 11) is 1.99. The van der Waals surface area contributed by atoms with Gasteiger partial charge in [-0.1, -0.05) is 43.5 Å². The van der Waals surface area contributed by atoms with E-state index >= 15 is 0 Å². The van der Waals surface area contributed by atoms with Crippen molar-refractivity contribution in [2.24, 2.45) is 7.05 Å². The van der Waals surface area contributed by atoms with Crippen LogP contribution < -0.4 is 0 Å². The molecule has 1 aliphatic carbocycles. The van der Waals surface area contributed by atoms with Crippen molar-refractivity contribution in [1.29, 1.82) is 0 Å². The number of furan rings is 1. The maximum absolute atomic E-state index is 12.5. The summed E-state index contributed by atoms with van der Waals surface area (Å²) >= 11 is 0. The molecule has 2 fully saturated rings. The molecule has 3 heterocycles. The minimum atomic E-state index is -0.0187. The molecule has 2 aliphatic rings. The van der Waals surface area contributed by atoms with Crippen LogP contribution in [-0.4, -0.2) is 51.7 Å². The van der Waals surface area contributed by atoms with Crippen LogP contribution in [0.25, 0.3) is 11.3 Å². The van der Waals surface area contributed by atoms with Crippen molar-refractivity contribution >= 4 is 5.91 Å². The molecule has 0 unspecified atom stereocenters. The first-order chi connectivity index (χ1) is 15.7. The van der Waals surface area contributed by atoms with E-state index in [1.807, 2.05) is 16.6 Å². The Morgan fingerprint density at radius 2 is 1.78 bits per heavy atom. The Morgan fingerprint density at radius 1 is 1.03 bits per heavy atom. The number of aryl methyl sites for hydroxylation is 1. The third kappa shape index (κ3) is 4.51. The van der Waals surface area contributed by atoms with Crippen LogP contribution >= 0.6 is 0 Å². The van der Waals surface area contributed by atoms with Crippen molar-refractivity contribution in [2.45, 2.75) is 44.6 Å². The molecule has 5 rings (SSSR count). The summed E-state index contributed by atoms with van der Waals surface area (Å²) in [5.74, 6) is 1.13. The summed E-state index contributed by atoms with van der Waals surface area (Å²) in [5.41, 5.74) is 4.97. The van der Waals surface area contributed by atoms with E-state index in [2.05, 4.69) is 35.4 Å². The number of amides is 1. The molecule has 3 aromatic rings. The number of benzene rings is 1. The fraction of sp³-hybridized carbons (Fsp3) is 0.462. The first kappa shape index (κ1) is 21.0. The third-order valence-electron chi connectivity index (χ3n) is 6.95. The lowest BCUT2D eigenvalue weighted by atomic mass is 9.84. The molecular formula is C26H32N4O2. The smallest absolute Gasteiger partial charge is 0.289 e. The van der Waals surface area contributed by atoms with Gasteiger partial charge in [0.25, 0.3) is 5.91 Å². The molecule has 0 atom stereocenters. The maximum atomic E-state index is 12.5. The topological polar surface area (TPSA) is 54.5 Å². The highest BCUT2D eigenvalue weighted by Gasteiger charge is 2.25. The quantitative estimate of drug-likeness (QED) is 0.587. The summed E-state index contributed by atoms with van der Waals surface area (Å²) in [4.78, 5) is 16.8. The molecule has 1 saturated heterocycles. The number of carbonyl (C=O) groups excluding carboxylic acids is 1. The highest BCUT2D eigenvalue weighted by atomic mass is 16.3. The zero-order valence-electron chi connectivity index (χ0n) is 18.9. The SMILES string of the molecule is Cn1cc(CN2CCN(C(=O)c3ccco3)CC2)c(-c2ccc(C3CCCCC3)cc2)n1. The average molecular weight is 433 g/mol. The van der Waals surface area contributed by atoms with Crippen LogP contribution in [0.4, 0.5) is 0 Å². The summed E-state index contributed by atoms with van der Waals surface area (Å²) in [6, 6.07) is 12.6. The zero-order valence-corrected chi connectivity index (χ0v) is 18.9. The fourth-order valence-corrected chi connectivity index (χ4v) is 5.15. The standard InChI is InChI=1S/C26H32N4O2/c1-28-18-23(19-29-13-15-30(16-14-29)26(31)24-8-5-17-32-24)25(27-28)22-11-9-21(10-12-22)20-6-3-2-4-7-20/h5,8-12,17-18,20H,2-4,6-7,13-16,19H2,1H3. The van der Waals surface area contributed by atoms with Crippen LogP contribution in [0.15, 0.2) is 53.3 Å². The second kappa shape index (κ2) is 9.33. The van der Waals surface area contributed by atoms with Gasteiger partial charge >= 0.3 is 0 Å². The van der Waals surface area contributed by atoms with E-state index in [0.717, 1.165) is 31.2 Å². The Hall–Kier alpha value is -2.86. The Bertz CT molecular complexity index is 1020. The number of hydrogen-bond donors (Lipinski definition) is 0. The van der Waals surface area contributed by atoms with Crippen molar-refractivity contribution in [3.8, 4) is 11.3 Å². The van der Waals surface area contributed by atoms with Gasteiger partial charge in [0.1, 0.15) is 0 Å². The van der Waals surface area contributed by atoms with Crippen molar-refractivity contribution in [3.05, 3.63) is 65.7 Å². The number of rotatable bonds is 5. The van der Waals surface area contributed by atoms with Crippen LogP contribution in [0.2, 0.25) is 0 Å². The first-order valence-electron chi connectivity index (χ1n) is 11.9. The van der Waals surface area contributed by atoms with Crippen molar-refractivity contribution in [2.75, 3.05) is 26.2 Å². The molecule has 1 amide bonds. The molecule has 1 aliphatic heterocycles. The van der Waals surface area contributed by atoms with Crippen molar-refractivity contribution in [3.63, 3.8) is 0 Å². The van der Waals surface area contributed by atoms with Crippen LogP contribution in [0.1, 0.15) is 59.7 Å². The predicted octanol–water partition coefficient (Wildman–Crippen LogP) is 4.69. The molecule has 168 valence electrons. The summed E-state index contributed by atoms with van der Waals surface area (Å²) in [6.07, 6.45) is 10.4. The van der Waals surface area contributed by atoms with Crippen LogP contribution in [0.5, 0.6) is 0 Å². The van der Waals surface area contributed by atoms with Crippen molar-refractivity contribution in [1.82, 2.24) is 19.6 Å². The molecule has 0 N–H and O–H groups in total. The van der Waals surface area contributed by atoms with Gasteiger partial charge in [-0.2, -0.15) is 5.10 Å².